The van der Waals surface area contributed by atoms with Crippen molar-refractivity contribution in [1.82, 2.24) is 9.78 Å². The first-order valence-corrected chi connectivity index (χ1v) is 8.28. The zero-order valence-electron chi connectivity index (χ0n) is 14.2. The molecule has 2 amide bonds. The van der Waals surface area contributed by atoms with Crippen LogP contribution in [-0.2, 0) is 16.1 Å². The van der Waals surface area contributed by atoms with Crippen molar-refractivity contribution in [3.05, 3.63) is 41.8 Å². The van der Waals surface area contributed by atoms with Crippen LogP contribution in [0.4, 0.5) is 15.9 Å². The number of nitrogens with two attached hydrogens (primary N) is 1. The molecule has 0 spiro atoms. The molecule has 1 aromatic heterocycles. The van der Waals surface area contributed by atoms with Gasteiger partial charge >= 0.3 is 0 Å². The number of hydrogen-bond acceptors (Lipinski definition) is 5. The molecule has 3 N–H and O–H groups in total. The van der Waals surface area contributed by atoms with Crippen molar-refractivity contribution < 1.29 is 18.7 Å². The molecule has 0 atom stereocenters. The van der Waals surface area contributed by atoms with Gasteiger partial charge in [-0.25, -0.2) is 4.39 Å². The third-order valence-corrected chi connectivity index (χ3v) is 4.03. The molecule has 0 saturated carbocycles. The zero-order valence-corrected chi connectivity index (χ0v) is 14.2. The van der Waals surface area contributed by atoms with Gasteiger partial charge in [0.05, 0.1) is 18.9 Å². The Kier molecular flexibility index (Phi) is 5.47. The van der Waals surface area contributed by atoms with E-state index in [9.17, 15) is 14.0 Å². The molecule has 2 aromatic rings. The second kappa shape index (κ2) is 7.96. The summed E-state index contributed by atoms with van der Waals surface area (Å²) in [5.41, 5.74) is 5.75. The van der Waals surface area contributed by atoms with Gasteiger partial charge in [0.15, 0.2) is 5.82 Å². The number of ether oxygens (including phenoxy) is 1. The van der Waals surface area contributed by atoms with Crippen LogP contribution in [0.3, 0.4) is 0 Å². The molecule has 26 heavy (non-hydrogen) atoms. The molecule has 138 valence electrons. The Hall–Kier alpha value is -2.94. The highest BCUT2D eigenvalue weighted by Gasteiger charge is 2.17. The number of rotatable bonds is 6. The van der Waals surface area contributed by atoms with E-state index in [1.807, 2.05) is 4.90 Å². The Morgan fingerprint density at radius 3 is 2.73 bits per heavy atom. The van der Waals surface area contributed by atoms with Crippen LogP contribution in [0.15, 0.2) is 30.5 Å². The molecular formula is C17H20FN5O3. The van der Waals surface area contributed by atoms with Crippen LogP contribution in [0, 0.1) is 5.82 Å². The maximum atomic E-state index is 14.4. The summed E-state index contributed by atoms with van der Waals surface area (Å²) in [5, 5.41) is 6.73. The number of benzene rings is 1. The quantitative estimate of drug-likeness (QED) is 0.799. The predicted molar refractivity (Wildman–Crippen MR) is 93.4 cm³/mol. The highest BCUT2D eigenvalue weighted by Crippen LogP contribution is 2.22. The first kappa shape index (κ1) is 17.9. The number of aromatic nitrogens is 2. The Morgan fingerprint density at radius 2 is 2.04 bits per heavy atom. The van der Waals surface area contributed by atoms with Crippen LogP contribution in [0.5, 0.6) is 0 Å². The highest BCUT2D eigenvalue weighted by molar-refractivity contribution is 6.03. The van der Waals surface area contributed by atoms with Gasteiger partial charge in [-0.05, 0) is 18.2 Å². The first-order chi connectivity index (χ1) is 12.5. The van der Waals surface area contributed by atoms with E-state index >= 15 is 0 Å². The average molecular weight is 361 g/mol. The SMILES string of the molecule is NC(=O)CCn1ccc(NC(=O)c2ccc(N3CCOCC3)c(F)c2)n1. The number of carbonyl (C=O) groups is 2. The smallest absolute Gasteiger partial charge is 0.256 e. The van der Waals surface area contributed by atoms with Crippen molar-refractivity contribution in [3.8, 4) is 0 Å². The summed E-state index contributed by atoms with van der Waals surface area (Å²) in [6.45, 7) is 2.67. The number of anilines is 2. The van der Waals surface area contributed by atoms with Crippen LogP contribution in [0.25, 0.3) is 0 Å². The maximum absolute atomic E-state index is 14.4. The lowest BCUT2D eigenvalue weighted by Gasteiger charge is -2.29. The third-order valence-electron chi connectivity index (χ3n) is 4.03. The zero-order chi connectivity index (χ0) is 18.5. The number of hydrogen-bond donors (Lipinski definition) is 2. The van der Waals surface area contributed by atoms with E-state index in [0.29, 0.717) is 44.4 Å². The number of morpholine rings is 1. The molecule has 1 fully saturated rings. The topological polar surface area (TPSA) is 102 Å². The van der Waals surface area contributed by atoms with E-state index in [2.05, 4.69) is 10.4 Å². The fourth-order valence-electron chi connectivity index (χ4n) is 2.67. The van der Waals surface area contributed by atoms with Crippen molar-refractivity contribution in [2.45, 2.75) is 13.0 Å². The number of primary amides is 1. The predicted octanol–water partition coefficient (Wildman–Crippen LogP) is 0.986. The van der Waals surface area contributed by atoms with Crippen molar-refractivity contribution in [2.75, 3.05) is 36.5 Å². The van der Waals surface area contributed by atoms with Crippen molar-refractivity contribution in [3.63, 3.8) is 0 Å². The summed E-state index contributed by atoms with van der Waals surface area (Å²) in [7, 11) is 0. The van der Waals surface area contributed by atoms with E-state index in [4.69, 9.17) is 10.5 Å². The molecule has 1 saturated heterocycles. The highest BCUT2D eigenvalue weighted by atomic mass is 19.1. The van der Waals surface area contributed by atoms with Crippen LogP contribution >= 0.6 is 0 Å². The summed E-state index contributed by atoms with van der Waals surface area (Å²) in [6.07, 6.45) is 1.78. The van der Waals surface area contributed by atoms with Gasteiger partial charge in [0.2, 0.25) is 5.91 Å². The summed E-state index contributed by atoms with van der Waals surface area (Å²) < 4.78 is 21.1. The molecule has 1 aliphatic rings. The normalized spacial score (nSPS) is 14.3. The molecule has 1 aromatic carbocycles. The minimum absolute atomic E-state index is 0.156. The molecule has 3 rings (SSSR count). The Balaban J connectivity index is 1.64. The van der Waals surface area contributed by atoms with Crippen LogP contribution in [0.2, 0.25) is 0 Å². The van der Waals surface area contributed by atoms with Crippen LogP contribution < -0.4 is 16.0 Å². The molecular weight excluding hydrogens is 341 g/mol. The third kappa shape index (κ3) is 4.37. The van der Waals surface area contributed by atoms with E-state index in [0.717, 1.165) is 0 Å². The summed E-state index contributed by atoms with van der Waals surface area (Å²) >= 11 is 0. The van der Waals surface area contributed by atoms with Gasteiger partial charge in [-0.15, -0.1) is 0 Å². The molecule has 9 heteroatoms. The lowest BCUT2D eigenvalue weighted by molar-refractivity contribution is -0.118. The average Bonchev–Trinajstić information content (AvgIpc) is 3.08. The molecule has 0 aliphatic carbocycles. The number of nitrogens with one attached hydrogen (secondary N) is 1. The van der Waals surface area contributed by atoms with Gasteiger partial charge < -0.3 is 20.7 Å². The monoisotopic (exact) mass is 361 g/mol. The number of halogens is 1. The van der Waals surface area contributed by atoms with Crippen molar-refractivity contribution >= 4 is 23.3 Å². The second-order valence-electron chi connectivity index (χ2n) is 5.90. The Morgan fingerprint density at radius 1 is 1.27 bits per heavy atom. The van der Waals surface area contributed by atoms with E-state index < -0.39 is 17.6 Å². The lowest BCUT2D eigenvalue weighted by Crippen LogP contribution is -2.36. The minimum Gasteiger partial charge on any atom is -0.378 e. The summed E-state index contributed by atoms with van der Waals surface area (Å²) in [6, 6.07) is 5.98. The molecule has 1 aliphatic heterocycles. The second-order valence-corrected chi connectivity index (χ2v) is 5.90. The van der Waals surface area contributed by atoms with Gasteiger partial charge in [0.25, 0.3) is 5.91 Å². The van der Waals surface area contributed by atoms with Gasteiger partial charge in [0, 0.05) is 43.9 Å². The van der Waals surface area contributed by atoms with E-state index in [-0.39, 0.29) is 12.0 Å². The Labute approximate surface area is 149 Å². The summed E-state index contributed by atoms with van der Waals surface area (Å²) in [4.78, 5) is 25.0. The number of carbonyl (C=O) groups excluding carboxylic acids is 2. The molecule has 2 heterocycles. The number of nitrogens with zero attached hydrogens (tertiary/aromatic N) is 3. The van der Waals surface area contributed by atoms with Gasteiger partial charge in [-0.3, -0.25) is 14.3 Å². The molecule has 0 unspecified atom stereocenters. The first-order valence-electron chi connectivity index (χ1n) is 8.28. The van der Waals surface area contributed by atoms with Gasteiger partial charge in [0.1, 0.15) is 5.82 Å². The molecule has 8 nitrogen and oxygen atoms in total. The van der Waals surface area contributed by atoms with Crippen molar-refractivity contribution in [2.24, 2.45) is 5.73 Å². The standard InChI is InChI=1S/C17H20FN5O3/c18-13-11-12(1-2-14(13)22-7-9-26-10-8-22)17(25)20-16-4-6-23(21-16)5-3-15(19)24/h1-2,4,6,11H,3,5,7-10H2,(H2,19,24)(H,20,21,25). The largest absolute Gasteiger partial charge is 0.378 e. The van der Waals surface area contributed by atoms with Crippen LogP contribution in [-0.4, -0.2) is 47.9 Å². The minimum atomic E-state index is -0.461. The molecule has 0 bridgehead atoms. The molecule has 0 radical (unpaired) electrons. The van der Waals surface area contributed by atoms with Gasteiger partial charge in [-0.2, -0.15) is 5.10 Å². The lowest BCUT2D eigenvalue weighted by atomic mass is 10.1. The maximum Gasteiger partial charge on any atom is 0.256 e. The van der Waals surface area contributed by atoms with Gasteiger partial charge in [-0.1, -0.05) is 0 Å². The number of amides is 2. The fraction of sp³-hybridized carbons (Fsp3) is 0.353. The van der Waals surface area contributed by atoms with E-state index in [1.165, 1.54) is 10.7 Å². The van der Waals surface area contributed by atoms with Crippen LogP contribution in [0.1, 0.15) is 16.8 Å². The Bertz CT molecular complexity index is 801. The number of aryl methyl sites for hydroxylation is 1. The van der Waals surface area contributed by atoms with E-state index in [1.54, 1.807) is 24.4 Å². The summed E-state index contributed by atoms with van der Waals surface area (Å²) in [5.74, 6) is -1.02. The fourth-order valence-corrected chi connectivity index (χ4v) is 2.67. The van der Waals surface area contributed by atoms with Crippen molar-refractivity contribution in [1.29, 1.82) is 0 Å².